The van der Waals surface area contributed by atoms with Gasteiger partial charge in [0.1, 0.15) is 10.5 Å². The van der Waals surface area contributed by atoms with Crippen LogP contribution >= 0.6 is 11.3 Å². The third-order valence-corrected chi connectivity index (χ3v) is 3.27. The molecule has 1 aromatic rings. The third-order valence-electron chi connectivity index (χ3n) is 1.98. The van der Waals surface area contributed by atoms with Crippen molar-refractivity contribution in [2.24, 2.45) is 0 Å². The minimum atomic E-state index is -1.09. The Hall–Kier alpha value is -1.82. The second-order valence-electron chi connectivity index (χ2n) is 5.07. The summed E-state index contributed by atoms with van der Waals surface area (Å²) in [5, 5.41) is 11.5. The molecule has 0 fully saturated rings. The van der Waals surface area contributed by atoms with E-state index in [0.717, 1.165) is 16.9 Å². The summed E-state index contributed by atoms with van der Waals surface area (Å²) in [5.41, 5.74) is 0.329. The van der Waals surface area contributed by atoms with Crippen LogP contribution in [0.1, 0.15) is 42.2 Å². The maximum Gasteiger partial charge on any atom is 0.412 e. The van der Waals surface area contributed by atoms with Crippen LogP contribution in [0.25, 0.3) is 5.57 Å². The Morgan fingerprint density at radius 2 is 2.00 bits per heavy atom. The maximum absolute atomic E-state index is 11.6. The number of hydrogen-bond donors (Lipinski definition) is 2. The molecule has 0 bridgehead atoms. The zero-order chi connectivity index (χ0) is 14.8. The molecule has 1 aromatic heterocycles. The van der Waals surface area contributed by atoms with E-state index in [4.69, 9.17) is 9.84 Å². The highest BCUT2D eigenvalue weighted by Crippen LogP contribution is 2.31. The van der Waals surface area contributed by atoms with Gasteiger partial charge in [-0.2, -0.15) is 0 Å². The van der Waals surface area contributed by atoms with Gasteiger partial charge in [0.05, 0.1) is 5.69 Å². The monoisotopic (exact) mass is 283 g/mol. The lowest BCUT2D eigenvalue weighted by molar-refractivity contribution is 0.0636. The SMILES string of the molecule is C=C(C)c1cc(NC(=O)OC(C)(C)C)c(C(=O)O)s1. The molecule has 1 heterocycles. The predicted molar refractivity (Wildman–Crippen MR) is 75.8 cm³/mol. The van der Waals surface area contributed by atoms with E-state index in [1.54, 1.807) is 33.8 Å². The van der Waals surface area contributed by atoms with Gasteiger partial charge in [-0.15, -0.1) is 11.3 Å². The van der Waals surface area contributed by atoms with Crippen molar-refractivity contribution in [3.63, 3.8) is 0 Å². The Morgan fingerprint density at radius 3 is 2.42 bits per heavy atom. The van der Waals surface area contributed by atoms with Gasteiger partial charge >= 0.3 is 12.1 Å². The van der Waals surface area contributed by atoms with Crippen molar-refractivity contribution < 1.29 is 19.4 Å². The van der Waals surface area contributed by atoms with Gasteiger partial charge in [0.15, 0.2) is 0 Å². The largest absolute Gasteiger partial charge is 0.477 e. The first-order chi connectivity index (χ1) is 8.60. The summed E-state index contributed by atoms with van der Waals surface area (Å²) in [6.45, 7) is 10.7. The number of nitrogens with one attached hydrogen (secondary N) is 1. The fraction of sp³-hybridized carbons (Fsp3) is 0.385. The number of carboxylic acids is 1. The zero-order valence-corrected chi connectivity index (χ0v) is 12.2. The number of amides is 1. The second kappa shape index (κ2) is 5.44. The van der Waals surface area contributed by atoms with Gasteiger partial charge in [-0.25, -0.2) is 9.59 Å². The van der Waals surface area contributed by atoms with E-state index in [1.807, 2.05) is 0 Å². The number of carbonyl (C=O) groups is 2. The molecule has 6 heteroatoms. The molecule has 0 spiro atoms. The quantitative estimate of drug-likeness (QED) is 0.884. The average Bonchev–Trinajstić information content (AvgIpc) is 2.58. The van der Waals surface area contributed by atoms with Gasteiger partial charge < -0.3 is 9.84 Å². The van der Waals surface area contributed by atoms with E-state index in [0.29, 0.717) is 4.88 Å². The standard InChI is InChI=1S/C13H17NO4S/c1-7(2)9-6-8(10(19-9)11(15)16)14-12(17)18-13(3,4)5/h6H,1H2,2-5H3,(H,14,17)(H,15,16). The highest BCUT2D eigenvalue weighted by atomic mass is 32.1. The highest BCUT2D eigenvalue weighted by Gasteiger charge is 2.21. The van der Waals surface area contributed by atoms with Gasteiger partial charge in [-0.3, -0.25) is 5.32 Å². The van der Waals surface area contributed by atoms with Crippen LogP contribution in [-0.2, 0) is 4.74 Å². The number of anilines is 1. The summed E-state index contributed by atoms with van der Waals surface area (Å²) in [6, 6.07) is 1.58. The first-order valence-electron chi connectivity index (χ1n) is 5.63. The third kappa shape index (κ3) is 4.40. The molecule has 0 saturated carbocycles. The molecule has 0 saturated heterocycles. The molecule has 2 N–H and O–H groups in total. The molecule has 0 atom stereocenters. The van der Waals surface area contributed by atoms with E-state index >= 15 is 0 Å². The lowest BCUT2D eigenvalue weighted by Crippen LogP contribution is -2.27. The van der Waals surface area contributed by atoms with Crippen LogP contribution in [-0.4, -0.2) is 22.8 Å². The topological polar surface area (TPSA) is 75.6 Å². The van der Waals surface area contributed by atoms with Crippen molar-refractivity contribution in [2.45, 2.75) is 33.3 Å². The molecule has 0 aliphatic carbocycles. The Labute approximate surface area is 115 Å². The van der Waals surface area contributed by atoms with Crippen LogP contribution in [0.3, 0.4) is 0 Å². The smallest absolute Gasteiger partial charge is 0.412 e. The second-order valence-corrected chi connectivity index (χ2v) is 6.12. The Morgan fingerprint density at radius 1 is 1.42 bits per heavy atom. The van der Waals surface area contributed by atoms with E-state index in [-0.39, 0.29) is 10.6 Å². The Balaban J connectivity index is 2.97. The molecule has 19 heavy (non-hydrogen) atoms. The maximum atomic E-state index is 11.6. The van der Waals surface area contributed by atoms with Crippen molar-refractivity contribution in [2.75, 3.05) is 5.32 Å². The number of hydrogen-bond acceptors (Lipinski definition) is 4. The van der Waals surface area contributed by atoms with E-state index in [2.05, 4.69) is 11.9 Å². The van der Waals surface area contributed by atoms with Crippen LogP contribution in [0.4, 0.5) is 10.5 Å². The molecular weight excluding hydrogens is 266 g/mol. The van der Waals surface area contributed by atoms with Crippen LogP contribution < -0.4 is 5.32 Å². The summed E-state index contributed by atoms with van der Waals surface area (Å²) in [4.78, 5) is 23.5. The number of thiophene rings is 1. The lowest BCUT2D eigenvalue weighted by atomic mass is 10.2. The van der Waals surface area contributed by atoms with Crippen LogP contribution in [0.15, 0.2) is 12.6 Å². The molecule has 1 rings (SSSR count). The molecule has 0 aliphatic rings. The van der Waals surface area contributed by atoms with Crippen LogP contribution in [0.5, 0.6) is 0 Å². The van der Waals surface area contributed by atoms with Crippen molar-refractivity contribution in [1.29, 1.82) is 0 Å². The first-order valence-corrected chi connectivity index (χ1v) is 6.45. The molecule has 0 aliphatic heterocycles. The van der Waals surface area contributed by atoms with Crippen molar-refractivity contribution in [3.8, 4) is 0 Å². The minimum Gasteiger partial charge on any atom is -0.477 e. The van der Waals surface area contributed by atoms with Crippen LogP contribution in [0.2, 0.25) is 0 Å². The molecular formula is C13H17NO4S. The summed E-state index contributed by atoms with van der Waals surface area (Å²) >= 11 is 1.07. The predicted octanol–water partition coefficient (Wildman–Crippen LogP) is 3.83. The molecule has 0 radical (unpaired) electrons. The Kier molecular flexibility index (Phi) is 4.36. The number of allylic oxidation sites excluding steroid dienone is 1. The van der Waals surface area contributed by atoms with E-state index in [1.165, 1.54) is 0 Å². The Bertz CT molecular complexity index is 525. The molecule has 104 valence electrons. The average molecular weight is 283 g/mol. The minimum absolute atomic E-state index is 0.0591. The molecule has 5 nitrogen and oxygen atoms in total. The lowest BCUT2D eigenvalue weighted by Gasteiger charge is -2.19. The molecule has 0 unspecified atom stereocenters. The number of carbonyl (C=O) groups excluding carboxylic acids is 1. The van der Waals surface area contributed by atoms with E-state index < -0.39 is 17.7 Å². The van der Waals surface area contributed by atoms with Gasteiger partial charge in [0, 0.05) is 4.88 Å². The fourth-order valence-electron chi connectivity index (χ4n) is 1.27. The number of ether oxygens (including phenoxy) is 1. The van der Waals surface area contributed by atoms with E-state index in [9.17, 15) is 9.59 Å². The van der Waals surface area contributed by atoms with Crippen molar-refractivity contribution >= 4 is 34.7 Å². The normalized spacial score (nSPS) is 10.9. The number of aromatic carboxylic acids is 1. The number of rotatable bonds is 3. The van der Waals surface area contributed by atoms with Gasteiger partial charge in [-0.1, -0.05) is 6.58 Å². The van der Waals surface area contributed by atoms with Crippen molar-refractivity contribution in [3.05, 3.63) is 22.4 Å². The highest BCUT2D eigenvalue weighted by molar-refractivity contribution is 7.15. The summed E-state index contributed by atoms with van der Waals surface area (Å²) in [5.74, 6) is -1.09. The summed E-state index contributed by atoms with van der Waals surface area (Å²) < 4.78 is 5.09. The fourth-order valence-corrected chi connectivity index (χ4v) is 2.14. The summed E-state index contributed by atoms with van der Waals surface area (Å²) in [7, 11) is 0. The zero-order valence-electron chi connectivity index (χ0n) is 11.4. The van der Waals surface area contributed by atoms with Crippen LogP contribution in [0, 0.1) is 0 Å². The van der Waals surface area contributed by atoms with Crippen molar-refractivity contribution in [1.82, 2.24) is 0 Å². The molecule has 1 amide bonds. The van der Waals surface area contributed by atoms with Gasteiger partial charge in [0.25, 0.3) is 0 Å². The number of carboxylic acid groups (broad SMARTS) is 1. The molecule has 0 aromatic carbocycles. The van der Waals surface area contributed by atoms with Gasteiger partial charge in [0.2, 0.25) is 0 Å². The van der Waals surface area contributed by atoms with Gasteiger partial charge in [-0.05, 0) is 39.3 Å². The first kappa shape index (κ1) is 15.2. The summed E-state index contributed by atoms with van der Waals surface area (Å²) in [6.07, 6.45) is -0.680.